The zero-order chi connectivity index (χ0) is 6.57. The molecule has 0 aliphatic rings. The Morgan fingerprint density at radius 1 is 1.62 bits per heavy atom. The van der Waals surface area contributed by atoms with Crippen molar-refractivity contribution >= 4 is 11.8 Å². The first kappa shape index (κ1) is 7.14. The zero-order valence-electron chi connectivity index (χ0n) is 4.64. The Kier molecular flexibility index (Phi) is 2.84. The van der Waals surface area contributed by atoms with E-state index in [1.807, 2.05) is 0 Å². The van der Waals surface area contributed by atoms with Gasteiger partial charge >= 0.3 is 5.97 Å². The molecule has 3 heteroatoms. The summed E-state index contributed by atoms with van der Waals surface area (Å²) in [6, 6.07) is 0. The first-order valence-electron chi connectivity index (χ1n) is 2.12. The van der Waals surface area contributed by atoms with Crippen LogP contribution < -0.4 is 0 Å². The zero-order valence-corrected chi connectivity index (χ0v) is 4.64. The molecular weight excluding hydrogens is 108 g/mol. The number of esters is 1. The van der Waals surface area contributed by atoms with E-state index >= 15 is 0 Å². The molecule has 0 amide bonds. The van der Waals surface area contributed by atoms with Crippen LogP contribution in [0.3, 0.4) is 0 Å². The third-order valence-electron chi connectivity index (χ3n) is 0.640. The van der Waals surface area contributed by atoms with E-state index in [1.54, 1.807) is 0 Å². The van der Waals surface area contributed by atoms with Gasteiger partial charge in [0.15, 0.2) is 0 Å². The largest absolute Gasteiger partial charge is 0.463 e. The smallest absolute Gasteiger partial charge is 0.374 e. The summed E-state index contributed by atoms with van der Waals surface area (Å²) in [5.41, 5.74) is 0. The molecule has 45 valence electrons. The van der Waals surface area contributed by atoms with Crippen molar-refractivity contribution in [2.24, 2.45) is 0 Å². The Bertz CT molecular complexity index is 92.2. The van der Waals surface area contributed by atoms with E-state index in [2.05, 4.69) is 11.7 Å². The van der Waals surface area contributed by atoms with Crippen molar-refractivity contribution in [3.63, 3.8) is 0 Å². The summed E-state index contributed by atoms with van der Waals surface area (Å²) < 4.78 is 4.07. The Hall–Kier alpha value is -0.860. The number of methoxy groups -OCH3 is 1. The summed E-state index contributed by atoms with van der Waals surface area (Å²) in [5, 5.41) is 0. The number of rotatable bonds is 2. The van der Waals surface area contributed by atoms with Gasteiger partial charge in [-0.3, -0.25) is 4.79 Å². The maximum absolute atomic E-state index is 10.2. The van der Waals surface area contributed by atoms with E-state index in [1.165, 1.54) is 0 Å². The summed E-state index contributed by atoms with van der Waals surface area (Å²) >= 11 is 0. The summed E-state index contributed by atoms with van der Waals surface area (Å²) in [6.07, 6.45) is -0.0350. The highest BCUT2D eigenvalue weighted by Crippen LogP contribution is 1.81. The van der Waals surface area contributed by atoms with E-state index in [4.69, 9.17) is 0 Å². The second kappa shape index (κ2) is 3.18. The highest BCUT2D eigenvalue weighted by molar-refractivity contribution is 6.33. The highest BCUT2D eigenvalue weighted by Gasteiger charge is 2.08. The average Bonchev–Trinajstić information content (AvgIpc) is 1.84. The molecule has 1 radical (unpaired) electrons. The van der Waals surface area contributed by atoms with Gasteiger partial charge < -0.3 is 4.74 Å². The van der Waals surface area contributed by atoms with E-state index in [0.29, 0.717) is 0 Å². The van der Waals surface area contributed by atoms with Gasteiger partial charge in [0.1, 0.15) is 0 Å². The molecule has 0 aliphatic carbocycles. The van der Waals surface area contributed by atoms with Crippen LogP contribution in [0.25, 0.3) is 0 Å². The van der Waals surface area contributed by atoms with Gasteiger partial charge in [-0.05, 0) is 6.92 Å². The van der Waals surface area contributed by atoms with Crippen LogP contribution in [0.4, 0.5) is 0 Å². The molecule has 0 atom stereocenters. The molecule has 0 aromatic rings. The lowest BCUT2D eigenvalue weighted by atomic mass is 10.3. The molecule has 0 bridgehead atoms. The SMILES string of the molecule is [CH2]CC(=O)C(=O)OC. The number of hydrogen-bond acceptors (Lipinski definition) is 3. The van der Waals surface area contributed by atoms with Crippen LogP contribution in [-0.4, -0.2) is 18.9 Å². The lowest BCUT2D eigenvalue weighted by Crippen LogP contribution is -2.13. The fraction of sp³-hybridized carbons (Fsp3) is 0.400. The normalized spacial score (nSPS) is 8.25. The highest BCUT2D eigenvalue weighted by atomic mass is 16.5. The third-order valence-corrected chi connectivity index (χ3v) is 0.640. The first-order chi connectivity index (χ1) is 3.72. The monoisotopic (exact) mass is 115 g/mol. The molecule has 3 nitrogen and oxygen atoms in total. The Morgan fingerprint density at radius 3 is 2.25 bits per heavy atom. The van der Waals surface area contributed by atoms with Crippen LogP contribution in [-0.2, 0) is 14.3 Å². The van der Waals surface area contributed by atoms with Gasteiger partial charge in [0.25, 0.3) is 0 Å². The van der Waals surface area contributed by atoms with Gasteiger partial charge in [-0.1, -0.05) is 0 Å². The number of carbonyl (C=O) groups is 2. The molecule has 0 aromatic heterocycles. The average molecular weight is 115 g/mol. The van der Waals surface area contributed by atoms with Crippen molar-refractivity contribution < 1.29 is 14.3 Å². The van der Waals surface area contributed by atoms with Gasteiger partial charge in [-0.25, -0.2) is 4.79 Å². The molecular formula is C5H7O3. The van der Waals surface area contributed by atoms with Crippen molar-refractivity contribution in [2.75, 3.05) is 7.11 Å². The van der Waals surface area contributed by atoms with Crippen LogP contribution in [0.2, 0.25) is 0 Å². The number of carbonyl (C=O) groups excluding carboxylic acids is 2. The molecule has 8 heavy (non-hydrogen) atoms. The number of hydrogen-bond donors (Lipinski definition) is 0. The van der Waals surface area contributed by atoms with Gasteiger partial charge in [0, 0.05) is 6.42 Å². The molecule has 0 heterocycles. The molecule has 0 unspecified atom stereocenters. The maximum Gasteiger partial charge on any atom is 0.374 e. The van der Waals surface area contributed by atoms with Gasteiger partial charge in [-0.15, -0.1) is 0 Å². The minimum absolute atomic E-state index is 0.0350. The minimum atomic E-state index is -0.819. The lowest BCUT2D eigenvalue weighted by molar-refractivity contribution is -0.151. The Morgan fingerprint density at radius 2 is 2.12 bits per heavy atom. The van der Waals surface area contributed by atoms with Crippen LogP contribution in [0.15, 0.2) is 0 Å². The lowest BCUT2D eigenvalue weighted by Gasteiger charge is -1.90. The maximum atomic E-state index is 10.2. The van der Waals surface area contributed by atoms with Crippen LogP contribution >= 0.6 is 0 Å². The molecule has 0 fully saturated rings. The first-order valence-corrected chi connectivity index (χ1v) is 2.12. The fourth-order valence-corrected chi connectivity index (χ4v) is 0.216. The molecule has 0 saturated heterocycles. The number of ketones is 1. The standard InChI is InChI=1S/C5H7O3/c1-3-4(6)5(7)8-2/h1,3H2,2H3. The van der Waals surface area contributed by atoms with Gasteiger partial charge in [-0.2, -0.15) is 0 Å². The van der Waals surface area contributed by atoms with Crippen molar-refractivity contribution in [1.82, 2.24) is 0 Å². The predicted octanol–water partition coefficient (Wildman–Crippen LogP) is -0.0473. The molecule has 0 aliphatic heterocycles. The van der Waals surface area contributed by atoms with Gasteiger partial charge in [0.2, 0.25) is 5.78 Å². The summed E-state index contributed by atoms with van der Waals surface area (Å²) in [6.45, 7) is 3.20. The fourth-order valence-electron chi connectivity index (χ4n) is 0.216. The number of Topliss-reactive ketones (excluding diaryl/α,β-unsaturated/α-hetero) is 1. The quantitative estimate of drug-likeness (QED) is 0.374. The van der Waals surface area contributed by atoms with Crippen LogP contribution in [0.1, 0.15) is 6.42 Å². The molecule has 0 aromatic carbocycles. The van der Waals surface area contributed by atoms with E-state index in [0.717, 1.165) is 7.11 Å². The summed E-state index contributed by atoms with van der Waals surface area (Å²) in [7, 11) is 1.16. The second-order valence-corrected chi connectivity index (χ2v) is 1.16. The minimum Gasteiger partial charge on any atom is -0.463 e. The van der Waals surface area contributed by atoms with Crippen LogP contribution in [0, 0.1) is 6.92 Å². The second-order valence-electron chi connectivity index (χ2n) is 1.16. The van der Waals surface area contributed by atoms with Crippen molar-refractivity contribution in [2.45, 2.75) is 6.42 Å². The van der Waals surface area contributed by atoms with Crippen LogP contribution in [0.5, 0.6) is 0 Å². The summed E-state index contributed by atoms with van der Waals surface area (Å²) in [5.74, 6) is -1.41. The van der Waals surface area contributed by atoms with Gasteiger partial charge in [0.05, 0.1) is 7.11 Å². The molecule has 0 spiro atoms. The molecule has 0 saturated carbocycles. The van der Waals surface area contributed by atoms with E-state index < -0.39 is 11.8 Å². The third kappa shape index (κ3) is 1.73. The topological polar surface area (TPSA) is 43.4 Å². The van der Waals surface area contributed by atoms with Crippen molar-refractivity contribution in [3.05, 3.63) is 6.92 Å². The number of ether oxygens (including phenoxy) is 1. The Labute approximate surface area is 47.6 Å². The molecule has 0 rings (SSSR count). The Balaban J connectivity index is 3.64. The van der Waals surface area contributed by atoms with Crippen molar-refractivity contribution in [3.8, 4) is 0 Å². The van der Waals surface area contributed by atoms with E-state index in [9.17, 15) is 9.59 Å². The van der Waals surface area contributed by atoms with E-state index in [-0.39, 0.29) is 6.42 Å². The van der Waals surface area contributed by atoms with Crippen molar-refractivity contribution in [1.29, 1.82) is 0 Å². The predicted molar refractivity (Wildman–Crippen MR) is 27.0 cm³/mol. The molecule has 0 N–H and O–H groups in total. The summed E-state index contributed by atoms with van der Waals surface area (Å²) in [4.78, 5) is 20.3.